The number of aliphatic hydroxyl groups excluding tert-OH is 3. The zero-order valence-corrected chi connectivity index (χ0v) is 19.4. The third-order valence-electron chi connectivity index (χ3n) is 5.94. The highest BCUT2D eigenvalue weighted by Crippen LogP contribution is 2.16. The predicted molar refractivity (Wildman–Crippen MR) is 123 cm³/mol. The molecule has 0 aromatic rings. The largest absolute Gasteiger partial charge is 0.388 e. The molecule has 0 aromatic heterocycles. The Labute approximate surface area is 184 Å². The smallest absolute Gasteiger partial charge is 0.111 e. The molecule has 0 saturated carbocycles. The van der Waals surface area contributed by atoms with Gasteiger partial charge in [-0.3, -0.25) is 0 Å². The number of ether oxygens (including phenoxy) is 2. The number of allylic oxidation sites excluding steroid dienone is 2. The fraction of sp³-hybridized carbons (Fsp3) is 0.920. The van der Waals surface area contributed by atoms with Crippen LogP contribution >= 0.6 is 0 Å². The van der Waals surface area contributed by atoms with E-state index in [4.69, 9.17) is 9.47 Å². The summed E-state index contributed by atoms with van der Waals surface area (Å²) in [5, 5.41) is 28.9. The van der Waals surface area contributed by atoms with Crippen molar-refractivity contribution in [3.63, 3.8) is 0 Å². The molecule has 5 heteroatoms. The average molecular weight is 429 g/mol. The van der Waals surface area contributed by atoms with Gasteiger partial charge in [0.15, 0.2) is 0 Å². The molecule has 0 unspecified atom stereocenters. The Balaban J connectivity index is 1.78. The van der Waals surface area contributed by atoms with Crippen LogP contribution < -0.4 is 0 Å². The van der Waals surface area contributed by atoms with Crippen LogP contribution in [0.2, 0.25) is 0 Å². The van der Waals surface area contributed by atoms with Gasteiger partial charge in [0.25, 0.3) is 0 Å². The maximum absolute atomic E-state index is 9.84. The molecule has 1 fully saturated rings. The Morgan fingerprint density at radius 1 is 0.733 bits per heavy atom. The highest BCUT2D eigenvalue weighted by Gasteiger charge is 2.37. The van der Waals surface area contributed by atoms with E-state index in [0.717, 1.165) is 12.8 Å². The quantitative estimate of drug-likeness (QED) is 0.201. The number of unbranched alkanes of at least 4 members (excludes halogenated alkanes) is 13. The van der Waals surface area contributed by atoms with Gasteiger partial charge >= 0.3 is 0 Å². The molecule has 1 aliphatic heterocycles. The second-order valence-corrected chi connectivity index (χ2v) is 8.79. The van der Waals surface area contributed by atoms with Gasteiger partial charge in [-0.05, 0) is 32.1 Å². The van der Waals surface area contributed by atoms with Gasteiger partial charge < -0.3 is 24.8 Å². The average Bonchev–Trinajstić information content (AvgIpc) is 2.75. The van der Waals surface area contributed by atoms with Crippen LogP contribution in [0.3, 0.4) is 0 Å². The predicted octanol–water partition coefficient (Wildman–Crippen LogP) is 4.91. The molecule has 1 saturated heterocycles. The number of aliphatic hydroxyl groups is 3. The summed E-state index contributed by atoms with van der Waals surface area (Å²) in [6.07, 6.45) is 20.3. The van der Waals surface area contributed by atoms with Gasteiger partial charge in [-0.2, -0.15) is 0 Å². The Morgan fingerprint density at radius 3 is 1.87 bits per heavy atom. The van der Waals surface area contributed by atoms with Gasteiger partial charge in [0.1, 0.15) is 24.4 Å². The van der Waals surface area contributed by atoms with Gasteiger partial charge in [-0.1, -0.05) is 83.3 Å². The lowest BCUT2D eigenvalue weighted by Gasteiger charge is -2.35. The van der Waals surface area contributed by atoms with Crippen molar-refractivity contribution in [2.75, 3.05) is 19.8 Å². The molecule has 3 N–H and O–H groups in total. The normalized spacial score (nSPS) is 24.7. The van der Waals surface area contributed by atoms with E-state index in [9.17, 15) is 15.3 Å². The zero-order valence-electron chi connectivity index (χ0n) is 19.4. The minimum Gasteiger partial charge on any atom is -0.388 e. The van der Waals surface area contributed by atoms with E-state index >= 15 is 0 Å². The first-order chi connectivity index (χ1) is 14.7. The molecule has 178 valence electrons. The fourth-order valence-corrected chi connectivity index (χ4v) is 3.84. The summed E-state index contributed by atoms with van der Waals surface area (Å²) in [5.74, 6) is 0. The number of rotatable bonds is 19. The molecular weight excluding hydrogens is 380 g/mol. The first kappa shape index (κ1) is 27.6. The molecule has 0 spiro atoms. The molecule has 0 aliphatic carbocycles. The summed E-state index contributed by atoms with van der Waals surface area (Å²) in [5.41, 5.74) is 0. The van der Waals surface area contributed by atoms with Crippen LogP contribution in [-0.2, 0) is 9.47 Å². The van der Waals surface area contributed by atoms with Gasteiger partial charge in [0.2, 0.25) is 0 Å². The molecule has 0 aromatic carbocycles. The van der Waals surface area contributed by atoms with Crippen molar-refractivity contribution in [3.8, 4) is 0 Å². The van der Waals surface area contributed by atoms with Crippen molar-refractivity contribution in [2.45, 2.75) is 128 Å². The highest BCUT2D eigenvalue weighted by molar-refractivity contribution is 4.86. The van der Waals surface area contributed by atoms with Crippen LogP contribution in [0, 0.1) is 0 Å². The standard InChI is InChI=1S/C25H48O5/c1-2-3-4-5-6-7-8-9-10-11-12-13-14-15-16-17-18-19-29-21-23-25(28)24(27)22(26)20-30-23/h9-10,22-28H,2-8,11-21H2,1H3/b10-9+/t22-,23+,24+,25+/m1/s1. The minimum atomic E-state index is -1.15. The third-order valence-corrected chi connectivity index (χ3v) is 5.94. The molecule has 0 bridgehead atoms. The second-order valence-electron chi connectivity index (χ2n) is 8.79. The van der Waals surface area contributed by atoms with Crippen LogP contribution in [0.15, 0.2) is 12.2 Å². The number of hydrogen-bond donors (Lipinski definition) is 3. The van der Waals surface area contributed by atoms with Crippen molar-refractivity contribution >= 4 is 0 Å². The molecule has 1 heterocycles. The van der Waals surface area contributed by atoms with Gasteiger partial charge in [0, 0.05) is 6.61 Å². The Bertz CT molecular complexity index is 401. The van der Waals surface area contributed by atoms with Crippen molar-refractivity contribution in [2.24, 2.45) is 0 Å². The maximum Gasteiger partial charge on any atom is 0.111 e. The maximum atomic E-state index is 9.84. The van der Waals surface area contributed by atoms with E-state index in [0.29, 0.717) is 6.61 Å². The Morgan fingerprint density at radius 2 is 1.27 bits per heavy atom. The molecule has 5 nitrogen and oxygen atoms in total. The molecule has 1 rings (SSSR count). The van der Waals surface area contributed by atoms with Gasteiger partial charge in [-0.15, -0.1) is 0 Å². The summed E-state index contributed by atoms with van der Waals surface area (Å²) in [6, 6.07) is 0. The molecule has 1 aliphatic rings. The van der Waals surface area contributed by atoms with Crippen LogP contribution in [-0.4, -0.2) is 59.6 Å². The van der Waals surface area contributed by atoms with E-state index < -0.39 is 24.4 Å². The lowest BCUT2D eigenvalue weighted by molar-refractivity contribution is -0.199. The van der Waals surface area contributed by atoms with E-state index in [1.54, 1.807) is 0 Å². The molecule has 4 atom stereocenters. The first-order valence-electron chi connectivity index (χ1n) is 12.5. The Kier molecular flexibility index (Phi) is 17.7. The summed E-state index contributed by atoms with van der Waals surface area (Å²) < 4.78 is 10.9. The molecule has 30 heavy (non-hydrogen) atoms. The van der Waals surface area contributed by atoms with Crippen molar-refractivity contribution in [1.29, 1.82) is 0 Å². The summed E-state index contributed by atoms with van der Waals surface area (Å²) >= 11 is 0. The van der Waals surface area contributed by atoms with Gasteiger partial charge in [-0.25, -0.2) is 0 Å². The van der Waals surface area contributed by atoms with Crippen molar-refractivity contribution in [1.82, 2.24) is 0 Å². The molecule has 0 radical (unpaired) electrons. The minimum absolute atomic E-state index is 0.0428. The summed E-state index contributed by atoms with van der Waals surface area (Å²) in [4.78, 5) is 0. The van der Waals surface area contributed by atoms with E-state index in [-0.39, 0.29) is 13.2 Å². The summed E-state index contributed by atoms with van der Waals surface area (Å²) in [7, 11) is 0. The van der Waals surface area contributed by atoms with Crippen LogP contribution in [0.4, 0.5) is 0 Å². The van der Waals surface area contributed by atoms with Crippen LogP contribution in [0.5, 0.6) is 0 Å². The Hall–Kier alpha value is -0.460. The molecular formula is C25H48O5. The zero-order chi connectivity index (χ0) is 21.9. The second kappa shape index (κ2) is 19.2. The summed E-state index contributed by atoms with van der Waals surface area (Å²) in [6.45, 7) is 3.22. The van der Waals surface area contributed by atoms with E-state index in [1.807, 2.05) is 0 Å². The SMILES string of the molecule is CCCCCCCC/C=C/CCCCCCCCCOC[C@@H]1OC[C@@H](O)[C@H](O)[C@H]1O. The molecule has 0 amide bonds. The van der Waals surface area contributed by atoms with E-state index in [1.165, 1.54) is 83.5 Å². The first-order valence-corrected chi connectivity index (χ1v) is 12.5. The lowest BCUT2D eigenvalue weighted by Crippen LogP contribution is -2.54. The van der Waals surface area contributed by atoms with Crippen LogP contribution in [0.25, 0.3) is 0 Å². The van der Waals surface area contributed by atoms with Gasteiger partial charge in [0.05, 0.1) is 13.2 Å². The topological polar surface area (TPSA) is 79.2 Å². The van der Waals surface area contributed by atoms with E-state index in [2.05, 4.69) is 19.1 Å². The third kappa shape index (κ3) is 13.8. The highest BCUT2D eigenvalue weighted by atomic mass is 16.6. The fourth-order valence-electron chi connectivity index (χ4n) is 3.84. The number of hydrogen-bond acceptors (Lipinski definition) is 5. The van der Waals surface area contributed by atoms with Crippen molar-refractivity contribution in [3.05, 3.63) is 12.2 Å². The lowest BCUT2D eigenvalue weighted by atomic mass is 10.0. The monoisotopic (exact) mass is 428 g/mol. The van der Waals surface area contributed by atoms with Crippen LogP contribution in [0.1, 0.15) is 103 Å². The van der Waals surface area contributed by atoms with Crippen molar-refractivity contribution < 1.29 is 24.8 Å².